The summed E-state index contributed by atoms with van der Waals surface area (Å²) in [6, 6.07) is -0.00542. The first-order chi connectivity index (χ1) is 9.42. The fourth-order valence-electron chi connectivity index (χ4n) is 3.39. The number of aliphatic hydroxyl groups is 1. The minimum atomic E-state index is -0.430. The van der Waals surface area contributed by atoms with Gasteiger partial charge in [-0.25, -0.2) is 0 Å². The number of carbonyl (C=O) groups excluding carboxylic acids is 1. The van der Waals surface area contributed by atoms with Gasteiger partial charge in [0.05, 0.1) is 24.9 Å². The van der Waals surface area contributed by atoms with Crippen LogP contribution in [0.25, 0.3) is 0 Å². The number of rotatable bonds is 5. The molecule has 1 saturated heterocycles. The molecular formula is C17H33NO3. The van der Waals surface area contributed by atoms with Crippen molar-refractivity contribution in [2.24, 2.45) is 10.8 Å². The van der Waals surface area contributed by atoms with Gasteiger partial charge in [-0.15, -0.1) is 0 Å². The second-order valence-electron chi connectivity index (χ2n) is 8.50. The largest absolute Gasteiger partial charge is 0.391 e. The molecule has 1 fully saturated rings. The second-order valence-corrected chi connectivity index (χ2v) is 8.50. The van der Waals surface area contributed by atoms with Crippen molar-refractivity contribution in [3.05, 3.63) is 0 Å². The first kappa shape index (κ1) is 18.4. The summed E-state index contributed by atoms with van der Waals surface area (Å²) in [7, 11) is 0. The maximum absolute atomic E-state index is 12.9. The SMILES string of the molecule is CC(C)OCC1CC(O)CN1C(=O)C(C)(C)CC(C)(C)C. The molecule has 1 N–H and O–H groups in total. The van der Waals surface area contributed by atoms with Gasteiger partial charge in [-0.1, -0.05) is 34.6 Å². The van der Waals surface area contributed by atoms with E-state index < -0.39 is 11.5 Å². The number of carbonyl (C=O) groups is 1. The van der Waals surface area contributed by atoms with Gasteiger partial charge in [0, 0.05) is 12.0 Å². The monoisotopic (exact) mass is 299 g/mol. The van der Waals surface area contributed by atoms with Crippen molar-refractivity contribution < 1.29 is 14.6 Å². The van der Waals surface area contributed by atoms with Crippen molar-refractivity contribution in [1.29, 1.82) is 0 Å². The number of β-amino-alcohol motifs (C(OH)–C–C–N with tert-alkyl or cyclic N) is 1. The minimum Gasteiger partial charge on any atom is -0.391 e. The van der Waals surface area contributed by atoms with Gasteiger partial charge in [0.25, 0.3) is 0 Å². The Balaban J connectivity index is 2.77. The average molecular weight is 299 g/mol. The van der Waals surface area contributed by atoms with Gasteiger partial charge in [0.15, 0.2) is 0 Å². The summed E-state index contributed by atoms with van der Waals surface area (Å²) in [5.74, 6) is 0.131. The van der Waals surface area contributed by atoms with Crippen LogP contribution in [0.3, 0.4) is 0 Å². The molecule has 1 rings (SSSR count). The molecule has 1 heterocycles. The summed E-state index contributed by atoms with van der Waals surface area (Å²) < 4.78 is 5.66. The Bertz CT molecular complexity index is 358. The van der Waals surface area contributed by atoms with E-state index >= 15 is 0 Å². The van der Waals surface area contributed by atoms with E-state index in [0.717, 1.165) is 6.42 Å². The van der Waals surface area contributed by atoms with Crippen LogP contribution in [-0.2, 0) is 9.53 Å². The molecule has 0 aliphatic carbocycles. The molecule has 0 aromatic heterocycles. The summed E-state index contributed by atoms with van der Waals surface area (Å²) in [4.78, 5) is 14.7. The van der Waals surface area contributed by atoms with Crippen molar-refractivity contribution in [2.45, 2.75) is 79.6 Å². The maximum atomic E-state index is 12.9. The zero-order valence-electron chi connectivity index (χ0n) is 14.8. The summed E-state index contributed by atoms with van der Waals surface area (Å²) >= 11 is 0. The van der Waals surface area contributed by atoms with E-state index in [2.05, 4.69) is 20.8 Å². The Morgan fingerprint density at radius 3 is 2.33 bits per heavy atom. The molecule has 1 aliphatic heterocycles. The summed E-state index contributed by atoms with van der Waals surface area (Å²) in [6.07, 6.45) is 1.15. The third kappa shape index (κ3) is 5.59. The van der Waals surface area contributed by atoms with Crippen LogP contribution in [-0.4, -0.2) is 47.3 Å². The normalized spacial score (nSPS) is 24.0. The number of amides is 1. The summed E-state index contributed by atoms with van der Waals surface area (Å²) in [5.41, 5.74) is -0.320. The lowest BCUT2D eigenvalue weighted by Crippen LogP contribution is -2.46. The smallest absolute Gasteiger partial charge is 0.228 e. The van der Waals surface area contributed by atoms with Crippen LogP contribution in [0.1, 0.15) is 61.3 Å². The molecule has 1 aliphatic rings. The zero-order valence-corrected chi connectivity index (χ0v) is 14.8. The van der Waals surface area contributed by atoms with Gasteiger partial charge < -0.3 is 14.7 Å². The number of ether oxygens (including phenoxy) is 1. The zero-order chi connectivity index (χ0) is 16.4. The Labute approximate surface area is 129 Å². The Morgan fingerprint density at radius 1 is 1.29 bits per heavy atom. The summed E-state index contributed by atoms with van der Waals surface area (Å²) in [5, 5.41) is 9.93. The van der Waals surface area contributed by atoms with Crippen molar-refractivity contribution in [2.75, 3.05) is 13.2 Å². The highest BCUT2D eigenvalue weighted by molar-refractivity contribution is 5.82. The highest BCUT2D eigenvalue weighted by Crippen LogP contribution is 2.36. The van der Waals surface area contributed by atoms with Crippen molar-refractivity contribution >= 4 is 5.91 Å². The van der Waals surface area contributed by atoms with E-state index in [0.29, 0.717) is 19.6 Å². The molecule has 1 amide bonds. The predicted molar refractivity (Wildman–Crippen MR) is 85.1 cm³/mol. The number of hydrogen-bond donors (Lipinski definition) is 1. The van der Waals surface area contributed by atoms with Gasteiger partial charge in [-0.3, -0.25) is 4.79 Å². The van der Waals surface area contributed by atoms with Gasteiger partial charge in [0.2, 0.25) is 5.91 Å². The Hall–Kier alpha value is -0.610. The molecule has 0 saturated carbocycles. The fraction of sp³-hybridized carbons (Fsp3) is 0.941. The van der Waals surface area contributed by atoms with E-state index in [9.17, 15) is 9.90 Å². The molecule has 2 atom stereocenters. The molecule has 0 radical (unpaired) electrons. The Kier molecular flexibility index (Phi) is 5.84. The molecule has 4 heteroatoms. The van der Waals surface area contributed by atoms with Gasteiger partial charge >= 0.3 is 0 Å². The van der Waals surface area contributed by atoms with E-state index in [4.69, 9.17) is 4.74 Å². The number of hydrogen-bond acceptors (Lipinski definition) is 3. The first-order valence-corrected chi connectivity index (χ1v) is 8.03. The molecule has 4 nitrogen and oxygen atoms in total. The lowest BCUT2D eigenvalue weighted by atomic mass is 9.75. The van der Waals surface area contributed by atoms with Crippen LogP contribution in [0.2, 0.25) is 0 Å². The van der Waals surface area contributed by atoms with Crippen LogP contribution in [0, 0.1) is 10.8 Å². The lowest BCUT2D eigenvalue weighted by molar-refractivity contribution is -0.144. The van der Waals surface area contributed by atoms with Gasteiger partial charge in [-0.2, -0.15) is 0 Å². The van der Waals surface area contributed by atoms with Crippen LogP contribution < -0.4 is 0 Å². The lowest BCUT2D eigenvalue weighted by Gasteiger charge is -2.36. The highest BCUT2D eigenvalue weighted by Gasteiger charge is 2.42. The first-order valence-electron chi connectivity index (χ1n) is 8.03. The third-order valence-electron chi connectivity index (χ3n) is 3.83. The van der Waals surface area contributed by atoms with Crippen LogP contribution >= 0.6 is 0 Å². The maximum Gasteiger partial charge on any atom is 0.228 e. The van der Waals surface area contributed by atoms with Crippen molar-refractivity contribution in [3.8, 4) is 0 Å². The third-order valence-corrected chi connectivity index (χ3v) is 3.83. The van der Waals surface area contributed by atoms with Crippen LogP contribution in [0.5, 0.6) is 0 Å². The van der Waals surface area contributed by atoms with E-state index in [1.807, 2.05) is 32.6 Å². The molecule has 21 heavy (non-hydrogen) atoms. The van der Waals surface area contributed by atoms with Gasteiger partial charge in [-0.05, 0) is 32.1 Å². The standard InChI is InChI=1S/C17H33NO3/c1-12(2)21-10-13-8-14(19)9-18(13)15(20)17(6,7)11-16(3,4)5/h12-14,19H,8-11H2,1-7H3. The van der Waals surface area contributed by atoms with E-state index in [-0.39, 0.29) is 23.5 Å². The fourth-order valence-corrected chi connectivity index (χ4v) is 3.39. The molecule has 0 aromatic rings. The summed E-state index contributed by atoms with van der Waals surface area (Å²) in [6.45, 7) is 15.4. The number of nitrogens with zero attached hydrogens (tertiary/aromatic N) is 1. The minimum absolute atomic E-state index is 0.00542. The van der Waals surface area contributed by atoms with Crippen LogP contribution in [0.15, 0.2) is 0 Å². The molecular weight excluding hydrogens is 266 g/mol. The number of aliphatic hydroxyl groups excluding tert-OH is 1. The topological polar surface area (TPSA) is 49.8 Å². The van der Waals surface area contributed by atoms with E-state index in [1.54, 1.807) is 0 Å². The van der Waals surface area contributed by atoms with Crippen molar-refractivity contribution in [3.63, 3.8) is 0 Å². The van der Waals surface area contributed by atoms with Crippen molar-refractivity contribution in [1.82, 2.24) is 4.90 Å². The molecule has 2 unspecified atom stereocenters. The Morgan fingerprint density at radius 2 is 1.86 bits per heavy atom. The van der Waals surface area contributed by atoms with E-state index in [1.165, 1.54) is 0 Å². The molecule has 0 spiro atoms. The quantitative estimate of drug-likeness (QED) is 0.849. The molecule has 0 aromatic carbocycles. The predicted octanol–water partition coefficient (Wildman–Crippen LogP) is 2.84. The van der Waals surface area contributed by atoms with Gasteiger partial charge in [0.1, 0.15) is 0 Å². The average Bonchev–Trinajstić information content (AvgIpc) is 2.63. The number of likely N-dealkylation sites (tertiary alicyclic amines) is 1. The molecule has 0 bridgehead atoms. The second kappa shape index (κ2) is 6.66. The highest BCUT2D eigenvalue weighted by atomic mass is 16.5. The van der Waals surface area contributed by atoms with Crippen LogP contribution in [0.4, 0.5) is 0 Å². The molecule has 124 valence electrons.